The van der Waals surface area contributed by atoms with Crippen molar-refractivity contribution in [2.24, 2.45) is 12.5 Å². The molecule has 0 aromatic carbocycles. The first kappa shape index (κ1) is 18.0. The van der Waals surface area contributed by atoms with E-state index in [1.165, 1.54) is 0 Å². The van der Waals surface area contributed by atoms with Crippen molar-refractivity contribution in [2.45, 2.75) is 75.9 Å². The molecule has 3 fully saturated rings. The zero-order valence-electron chi connectivity index (χ0n) is 16.0. The molecule has 1 aromatic rings. The van der Waals surface area contributed by atoms with Crippen LogP contribution in [-0.4, -0.2) is 58.0 Å². The van der Waals surface area contributed by atoms with E-state index in [0.29, 0.717) is 17.1 Å². The fraction of sp³-hybridized carbons (Fsp3) is 0.778. The number of amides is 1. The number of piperidine rings is 1. The summed E-state index contributed by atoms with van der Waals surface area (Å²) in [5, 5.41) is 4.23. The molecule has 1 saturated carbocycles. The second kappa shape index (κ2) is 5.79. The molecular formula is C18H28N4O3S. The second-order valence-corrected chi connectivity index (χ2v) is 10.3. The molecule has 4 atom stereocenters. The summed E-state index contributed by atoms with van der Waals surface area (Å²) in [6.07, 6.45) is 6.39. The molecule has 7 nitrogen and oxygen atoms in total. The SMILES string of the molecule is CC(=O)N1[C@@H]2CN(S(=O)(=O)c3cn(C)nc3C)[C@@H]3CCCC[C@H]1[C@]3(C)C2. The van der Waals surface area contributed by atoms with Crippen molar-refractivity contribution in [3.05, 3.63) is 11.9 Å². The Hall–Kier alpha value is -1.41. The molecule has 3 aliphatic rings. The molecule has 2 aliphatic heterocycles. The smallest absolute Gasteiger partial charge is 0.246 e. The summed E-state index contributed by atoms with van der Waals surface area (Å²) in [6.45, 7) is 5.95. The van der Waals surface area contributed by atoms with Gasteiger partial charge in [-0.05, 0) is 26.2 Å². The molecule has 3 heterocycles. The summed E-state index contributed by atoms with van der Waals surface area (Å²) in [4.78, 5) is 14.7. The highest BCUT2D eigenvalue weighted by molar-refractivity contribution is 7.89. The van der Waals surface area contributed by atoms with Gasteiger partial charge in [0.05, 0.1) is 5.69 Å². The van der Waals surface area contributed by atoms with E-state index in [1.54, 1.807) is 36.1 Å². The van der Waals surface area contributed by atoms with Crippen molar-refractivity contribution in [2.75, 3.05) is 6.54 Å². The Labute approximate surface area is 155 Å². The third kappa shape index (κ3) is 2.37. The molecule has 26 heavy (non-hydrogen) atoms. The van der Waals surface area contributed by atoms with E-state index >= 15 is 0 Å². The first-order chi connectivity index (χ1) is 12.2. The van der Waals surface area contributed by atoms with E-state index in [2.05, 4.69) is 12.0 Å². The largest absolute Gasteiger partial charge is 0.335 e. The van der Waals surface area contributed by atoms with Crippen LogP contribution in [0.4, 0.5) is 0 Å². The maximum absolute atomic E-state index is 13.5. The van der Waals surface area contributed by atoms with Crippen LogP contribution in [0.5, 0.6) is 0 Å². The number of aryl methyl sites for hydroxylation is 2. The third-order valence-electron chi connectivity index (χ3n) is 6.79. The molecule has 144 valence electrons. The molecule has 8 heteroatoms. The van der Waals surface area contributed by atoms with Crippen LogP contribution < -0.4 is 0 Å². The standard InChI is InChI=1S/C18H28N4O3S/c1-12-15(11-20(4)19-12)26(24,25)21-10-14-9-18(3)16(21)7-5-6-8-17(18)22(14)13(2)23/h11,14,16-17H,5-10H2,1-4H3/t14-,16+,17-,18+/m0/s1. The maximum atomic E-state index is 13.5. The Kier molecular flexibility index (Phi) is 4.00. The number of carbonyl (C=O) groups excluding carboxylic acids is 1. The summed E-state index contributed by atoms with van der Waals surface area (Å²) in [7, 11) is -1.90. The quantitative estimate of drug-likeness (QED) is 0.782. The summed E-state index contributed by atoms with van der Waals surface area (Å²) in [5.74, 6) is 0.0705. The molecule has 4 rings (SSSR count). The molecule has 0 spiro atoms. The van der Waals surface area contributed by atoms with Gasteiger partial charge in [-0.3, -0.25) is 9.48 Å². The van der Waals surface area contributed by atoms with Gasteiger partial charge < -0.3 is 4.90 Å². The summed E-state index contributed by atoms with van der Waals surface area (Å²) in [5.41, 5.74) is 0.359. The van der Waals surface area contributed by atoms with Crippen LogP contribution in [0.3, 0.4) is 0 Å². The second-order valence-electron chi connectivity index (χ2n) is 8.43. The van der Waals surface area contributed by atoms with E-state index in [4.69, 9.17) is 0 Å². The van der Waals surface area contributed by atoms with Crippen molar-refractivity contribution < 1.29 is 13.2 Å². The topological polar surface area (TPSA) is 75.5 Å². The molecular weight excluding hydrogens is 352 g/mol. The molecule has 0 unspecified atom stereocenters. The number of nitrogens with zero attached hydrogens (tertiary/aromatic N) is 4. The zero-order chi connectivity index (χ0) is 18.9. The fourth-order valence-electron chi connectivity index (χ4n) is 5.81. The van der Waals surface area contributed by atoms with E-state index in [0.717, 1.165) is 32.1 Å². The highest BCUT2D eigenvalue weighted by Gasteiger charge is 2.61. The van der Waals surface area contributed by atoms with Crippen molar-refractivity contribution in [1.29, 1.82) is 0 Å². The number of fused-ring (bicyclic) bond motifs is 1. The van der Waals surface area contributed by atoms with Gasteiger partial charge in [0.2, 0.25) is 15.9 Å². The van der Waals surface area contributed by atoms with E-state index in [-0.39, 0.29) is 29.4 Å². The first-order valence-electron chi connectivity index (χ1n) is 9.47. The molecule has 0 radical (unpaired) electrons. The van der Waals surface area contributed by atoms with Crippen LogP contribution in [0.1, 0.15) is 51.6 Å². The monoisotopic (exact) mass is 380 g/mol. The molecule has 1 amide bonds. The van der Waals surface area contributed by atoms with Gasteiger partial charge in [-0.15, -0.1) is 0 Å². The average molecular weight is 381 g/mol. The van der Waals surface area contributed by atoms with Gasteiger partial charge in [-0.2, -0.15) is 9.40 Å². The maximum Gasteiger partial charge on any atom is 0.246 e. The lowest BCUT2D eigenvalue weighted by molar-refractivity contribution is -0.132. The summed E-state index contributed by atoms with van der Waals surface area (Å²) >= 11 is 0. The predicted molar refractivity (Wildman–Crippen MR) is 96.9 cm³/mol. The molecule has 2 bridgehead atoms. The van der Waals surface area contributed by atoms with Gasteiger partial charge in [-0.1, -0.05) is 19.8 Å². The van der Waals surface area contributed by atoms with Crippen LogP contribution >= 0.6 is 0 Å². The predicted octanol–water partition coefficient (Wildman–Crippen LogP) is 1.67. The van der Waals surface area contributed by atoms with Crippen molar-refractivity contribution in [3.63, 3.8) is 0 Å². The molecule has 1 aliphatic carbocycles. The van der Waals surface area contributed by atoms with Crippen LogP contribution in [0.15, 0.2) is 11.1 Å². The Balaban J connectivity index is 1.82. The lowest BCUT2D eigenvalue weighted by Crippen LogP contribution is -2.55. The zero-order valence-corrected chi connectivity index (χ0v) is 16.8. The number of aromatic nitrogens is 2. The van der Waals surface area contributed by atoms with Crippen LogP contribution in [0.25, 0.3) is 0 Å². The fourth-order valence-corrected chi connectivity index (χ4v) is 7.81. The number of carbonyl (C=O) groups is 1. The van der Waals surface area contributed by atoms with Gasteiger partial charge in [-0.25, -0.2) is 8.42 Å². The van der Waals surface area contributed by atoms with Crippen LogP contribution in [-0.2, 0) is 21.9 Å². The Morgan fingerprint density at radius 1 is 1.27 bits per heavy atom. The number of hydrogen-bond donors (Lipinski definition) is 0. The minimum absolute atomic E-state index is 0.0244. The van der Waals surface area contributed by atoms with Gasteiger partial charge >= 0.3 is 0 Å². The van der Waals surface area contributed by atoms with Gasteiger partial charge in [0.1, 0.15) is 4.90 Å². The van der Waals surface area contributed by atoms with Gasteiger partial charge in [0.25, 0.3) is 0 Å². The Morgan fingerprint density at radius 2 is 1.92 bits per heavy atom. The summed E-state index contributed by atoms with van der Waals surface area (Å²) in [6, 6.07) is 0.0662. The van der Waals surface area contributed by atoms with Crippen molar-refractivity contribution in [3.8, 4) is 0 Å². The lowest BCUT2D eigenvalue weighted by Gasteiger charge is -2.45. The van der Waals surface area contributed by atoms with Crippen LogP contribution in [0, 0.1) is 12.3 Å². The molecule has 0 N–H and O–H groups in total. The van der Waals surface area contributed by atoms with Crippen molar-refractivity contribution in [1.82, 2.24) is 19.0 Å². The number of rotatable bonds is 2. The first-order valence-corrected chi connectivity index (χ1v) is 10.9. The lowest BCUT2D eigenvalue weighted by atomic mass is 9.72. The van der Waals surface area contributed by atoms with E-state index in [9.17, 15) is 13.2 Å². The Morgan fingerprint density at radius 3 is 2.50 bits per heavy atom. The van der Waals surface area contributed by atoms with Crippen molar-refractivity contribution >= 4 is 15.9 Å². The number of likely N-dealkylation sites (tertiary alicyclic amines) is 1. The highest BCUT2D eigenvalue weighted by atomic mass is 32.2. The van der Waals surface area contributed by atoms with Gasteiger partial charge in [0.15, 0.2) is 0 Å². The number of sulfonamides is 1. The van der Waals surface area contributed by atoms with E-state index in [1.807, 2.05) is 4.90 Å². The van der Waals surface area contributed by atoms with Gasteiger partial charge in [0, 0.05) is 50.3 Å². The highest BCUT2D eigenvalue weighted by Crippen LogP contribution is 2.54. The van der Waals surface area contributed by atoms with E-state index < -0.39 is 10.0 Å². The average Bonchev–Trinajstić information content (AvgIpc) is 2.94. The third-order valence-corrected chi connectivity index (χ3v) is 8.77. The minimum Gasteiger partial charge on any atom is -0.335 e. The number of hydrogen-bond acceptors (Lipinski definition) is 4. The van der Waals surface area contributed by atoms with Crippen LogP contribution in [0.2, 0.25) is 0 Å². The molecule has 1 aromatic heterocycles. The Bertz CT molecular complexity index is 849. The molecule has 2 saturated heterocycles. The summed E-state index contributed by atoms with van der Waals surface area (Å²) < 4.78 is 30.3. The minimum atomic E-state index is -3.64. The normalized spacial score (nSPS) is 34.8.